The molecule has 1 saturated carbocycles. The van der Waals surface area contributed by atoms with Gasteiger partial charge < -0.3 is 5.32 Å². The Hall–Kier alpha value is -0.540. The predicted molar refractivity (Wildman–Crippen MR) is 68.9 cm³/mol. The Kier molecular flexibility index (Phi) is 3.27. The van der Waals surface area contributed by atoms with Gasteiger partial charge in [-0.3, -0.25) is 4.79 Å². The van der Waals surface area contributed by atoms with E-state index in [0.717, 1.165) is 17.3 Å². The maximum absolute atomic E-state index is 12.0. The molecule has 1 aromatic carbocycles. The highest BCUT2D eigenvalue weighted by Crippen LogP contribution is 2.31. The van der Waals surface area contributed by atoms with Crippen molar-refractivity contribution in [3.8, 4) is 0 Å². The zero-order chi connectivity index (χ0) is 11.8. The summed E-state index contributed by atoms with van der Waals surface area (Å²) in [7, 11) is 0. The van der Waals surface area contributed by atoms with Gasteiger partial charge in [-0.2, -0.15) is 0 Å². The van der Waals surface area contributed by atoms with Gasteiger partial charge in [0.2, 0.25) is 0 Å². The topological polar surface area (TPSA) is 29.1 Å². The van der Waals surface area contributed by atoms with Crippen LogP contribution in [0.1, 0.15) is 36.5 Å². The van der Waals surface area contributed by atoms with Crippen LogP contribution in [0.5, 0.6) is 0 Å². The Labute approximate surface area is 108 Å². The molecule has 2 rings (SSSR count). The number of benzene rings is 1. The number of hydrogen-bond acceptors (Lipinski definition) is 1. The lowest BCUT2D eigenvalue weighted by Gasteiger charge is -2.39. The Bertz CT molecular complexity index is 429. The molecule has 0 radical (unpaired) electrons. The monoisotopic (exact) mass is 301 g/mol. The van der Waals surface area contributed by atoms with E-state index in [0.29, 0.717) is 10.6 Å². The van der Waals surface area contributed by atoms with Gasteiger partial charge >= 0.3 is 0 Å². The molecule has 0 heterocycles. The average molecular weight is 303 g/mol. The van der Waals surface area contributed by atoms with Gasteiger partial charge in [0.05, 0.1) is 10.6 Å². The lowest BCUT2D eigenvalue weighted by molar-refractivity contribution is 0.0850. The Morgan fingerprint density at radius 3 is 2.69 bits per heavy atom. The molecule has 1 aliphatic carbocycles. The second-order valence-electron chi connectivity index (χ2n) is 4.49. The van der Waals surface area contributed by atoms with E-state index in [1.165, 1.54) is 6.42 Å². The summed E-state index contributed by atoms with van der Waals surface area (Å²) in [5, 5.41) is 3.51. The van der Waals surface area contributed by atoms with Crippen molar-refractivity contribution < 1.29 is 4.79 Å². The summed E-state index contributed by atoms with van der Waals surface area (Å²) in [5.74, 6) is -0.0836. The molecule has 0 saturated heterocycles. The number of amides is 1. The lowest BCUT2D eigenvalue weighted by atomic mass is 9.78. The first kappa shape index (κ1) is 11.9. The van der Waals surface area contributed by atoms with Crippen LogP contribution < -0.4 is 5.32 Å². The number of rotatable bonds is 2. The zero-order valence-corrected chi connectivity index (χ0v) is 11.4. The standard InChI is InChI=1S/C12H13BrClNO/c1-12(5-2-6-12)15-11(16)9-4-3-8(13)7-10(9)14/h3-4,7H,2,5-6H2,1H3,(H,15,16). The number of hydrogen-bond donors (Lipinski definition) is 1. The highest BCUT2D eigenvalue weighted by atomic mass is 79.9. The summed E-state index contributed by atoms with van der Waals surface area (Å²) in [4.78, 5) is 12.0. The molecule has 1 N–H and O–H groups in total. The fourth-order valence-corrected chi connectivity index (χ4v) is 2.61. The van der Waals surface area contributed by atoms with Crippen LogP contribution in [-0.4, -0.2) is 11.4 Å². The van der Waals surface area contributed by atoms with Gasteiger partial charge in [0.1, 0.15) is 0 Å². The van der Waals surface area contributed by atoms with Gasteiger partial charge in [-0.1, -0.05) is 27.5 Å². The first-order chi connectivity index (χ1) is 7.50. The van der Waals surface area contributed by atoms with Gasteiger partial charge in [-0.05, 0) is 44.4 Å². The second-order valence-corrected chi connectivity index (χ2v) is 5.82. The van der Waals surface area contributed by atoms with Gasteiger partial charge in [0.15, 0.2) is 0 Å². The van der Waals surface area contributed by atoms with Crippen LogP contribution in [0.3, 0.4) is 0 Å². The number of nitrogens with one attached hydrogen (secondary N) is 1. The van der Waals surface area contributed by atoms with Crippen molar-refractivity contribution in [2.75, 3.05) is 0 Å². The van der Waals surface area contributed by atoms with E-state index in [1.807, 2.05) is 6.07 Å². The van der Waals surface area contributed by atoms with Crippen molar-refractivity contribution in [2.45, 2.75) is 31.7 Å². The number of carbonyl (C=O) groups excluding carboxylic acids is 1. The predicted octanol–water partition coefficient (Wildman–Crippen LogP) is 3.77. The SMILES string of the molecule is CC1(NC(=O)c2ccc(Br)cc2Cl)CCC1. The van der Waals surface area contributed by atoms with E-state index < -0.39 is 0 Å². The smallest absolute Gasteiger partial charge is 0.253 e. The molecule has 2 nitrogen and oxygen atoms in total. The molecule has 16 heavy (non-hydrogen) atoms. The van der Waals surface area contributed by atoms with Crippen molar-refractivity contribution in [1.82, 2.24) is 5.32 Å². The molecule has 1 aromatic rings. The summed E-state index contributed by atoms with van der Waals surface area (Å²) in [6.45, 7) is 2.07. The first-order valence-corrected chi connectivity index (χ1v) is 6.45. The van der Waals surface area contributed by atoms with E-state index in [9.17, 15) is 4.79 Å². The molecule has 0 spiro atoms. The van der Waals surface area contributed by atoms with E-state index in [1.54, 1.807) is 12.1 Å². The minimum Gasteiger partial charge on any atom is -0.347 e. The summed E-state index contributed by atoms with van der Waals surface area (Å²) >= 11 is 9.34. The number of carbonyl (C=O) groups is 1. The quantitative estimate of drug-likeness (QED) is 0.885. The Balaban J connectivity index is 2.14. The maximum atomic E-state index is 12.0. The third kappa shape index (κ3) is 2.41. The van der Waals surface area contributed by atoms with Crippen LogP contribution in [0, 0.1) is 0 Å². The van der Waals surface area contributed by atoms with Crippen LogP contribution in [0.2, 0.25) is 5.02 Å². The summed E-state index contributed by atoms with van der Waals surface area (Å²) < 4.78 is 0.879. The summed E-state index contributed by atoms with van der Waals surface area (Å²) in [5.41, 5.74) is 0.506. The van der Waals surface area contributed by atoms with E-state index >= 15 is 0 Å². The van der Waals surface area contributed by atoms with Crippen LogP contribution >= 0.6 is 27.5 Å². The first-order valence-electron chi connectivity index (χ1n) is 5.28. The maximum Gasteiger partial charge on any atom is 0.253 e. The molecular formula is C12H13BrClNO. The van der Waals surface area contributed by atoms with Crippen molar-refractivity contribution >= 4 is 33.4 Å². The van der Waals surface area contributed by atoms with Gasteiger partial charge in [-0.25, -0.2) is 0 Å². The second kappa shape index (κ2) is 4.38. The Morgan fingerprint density at radius 1 is 1.50 bits per heavy atom. The van der Waals surface area contributed by atoms with Crippen molar-refractivity contribution in [3.05, 3.63) is 33.3 Å². The van der Waals surface area contributed by atoms with Crippen molar-refractivity contribution in [1.29, 1.82) is 0 Å². The third-order valence-corrected chi connectivity index (χ3v) is 3.85. The van der Waals surface area contributed by atoms with E-state index in [-0.39, 0.29) is 11.4 Å². The van der Waals surface area contributed by atoms with Crippen LogP contribution in [0.25, 0.3) is 0 Å². The highest BCUT2D eigenvalue weighted by molar-refractivity contribution is 9.10. The Morgan fingerprint density at radius 2 is 2.19 bits per heavy atom. The molecule has 0 aromatic heterocycles. The highest BCUT2D eigenvalue weighted by Gasteiger charge is 2.33. The minimum atomic E-state index is -0.0836. The average Bonchev–Trinajstić information content (AvgIpc) is 2.14. The molecule has 0 aliphatic heterocycles. The van der Waals surface area contributed by atoms with Crippen LogP contribution in [-0.2, 0) is 0 Å². The molecule has 0 bridgehead atoms. The van der Waals surface area contributed by atoms with Gasteiger partial charge in [0.25, 0.3) is 5.91 Å². The third-order valence-electron chi connectivity index (χ3n) is 3.05. The molecule has 1 aliphatic rings. The molecule has 4 heteroatoms. The molecular weight excluding hydrogens is 289 g/mol. The summed E-state index contributed by atoms with van der Waals surface area (Å²) in [6, 6.07) is 5.30. The lowest BCUT2D eigenvalue weighted by Crippen LogP contribution is -2.50. The fraction of sp³-hybridized carbons (Fsp3) is 0.417. The zero-order valence-electron chi connectivity index (χ0n) is 9.02. The molecule has 86 valence electrons. The molecule has 0 atom stereocenters. The van der Waals surface area contributed by atoms with E-state index in [2.05, 4.69) is 28.2 Å². The van der Waals surface area contributed by atoms with Gasteiger partial charge in [-0.15, -0.1) is 0 Å². The van der Waals surface area contributed by atoms with Crippen molar-refractivity contribution in [3.63, 3.8) is 0 Å². The summed E-state index contributed by atoms with van der Waals surface area (Å²) in [6.07, 6.45) is 3.28. The van der Waals surface area contributed by atoms with Crippen LogP contribution in [0.4, 0.5) is 0 Å². The van der Waals surface area contributed by atoms with Gasteiger partial charge in [0, 0.05) is 10.0 Å². The minimum absolute atomic E-state index is 0.0342. The largest absolute Gasteiger partial charge is 0.347 e. The molecule has 1 fully saturated rings. The molecule has 0 unspecified atom stereocenters. The van der Waals surface area contributed by atoms with E-state index in [4.69, 9.17) is 11.6 Å². The normalized spacial score (nSPS) is 17.7. The van der Waals surface area contributed by atoms with Crippen molar-refractivity contribution in [2.24, 2.45) is 0 Å². The fourth-order valence-electron chi connectivity index (χ4n) is 1.85. The van der Waals surface area contributed by atoms with Crippen LogP contribution in [0.15, 0.2) is 22.7 Å². The molecule has 1 amide bonds. The number of halogens is 2.